The highest BCUT2D eigenvalue weighted by atomic mass is 16.5. The summed E-state index contributed by atoms with van der Waals surface area (Å²) in [5.41, 5.74) is 0. The van der Waals surface area contributed by atoms with Gasteiger partial charge in [-0.25, -0.2) is 0 Å². The van der Waals surface area contributed by atoms with Gasteiger partial charge in [-0.05, 0) is 6.92 Å². The van der Waals surface area contributed by atoms with Gasteiger partial charge in [0, 0.05) is 0 Å². The highest BCUT2D eigenvalue weighted by Crippen LogP contribution is 2.12. The first kappa shape index (κ1) is 12.6. The Balaban J connectivity index is 4.24. The van der Waals surface area contributed by atoms with Crippen molar-refractivity contribution in [2.45, 2.75) is 19.4 Å². The van der Waals surface area contributed by atoms with E-state index in [4.69, 9.17) is 14.9 Å². The molecule has 2 atom stereocenters. The summed E-state index contributed by atoms with van der Waals surface area (Å²) < 4.78 is 5.05. The lowest BCUT2D eigenvalue weighted by Crippen LogP contribution is -2.30. The van der Waals surface area contributed by atoms with E-state index in [1.807, 2.05) is 0 Å². The summed E-state index contributed by atoms with van der Waals surface area (Å²) in [5, 5.41) is 17.2. The van der Waals surface area contributed by atoms with E-state index in [0.29, 0.717) is 0 Å². The van der Waals surface area contributed by atoms with Crippen molar-refractivity contribution in [1.29, 1.82) is 0 Å². The molecule has 0 aliphatic rings. The lowest BCUT2D eigenvalue weighted by Gasteiger charge is -2.18. The van der Waals surface area contributed by atoms with Crippen molar-refractivity contribution in [3.63, 3.8) is 0 Å². The Labute approximate surface area is 82.0 Å². The molecule has 0 aromatic carbocycles. The normalized spacial score (nSPS) is 14.4. The number of hydrogen-bond donors (Lipinski definition) is 2. The molecule has 0 amide bonds. The van der Waals surface area contributed by atoms with Crippen molar-refractivity contribution in [3.8, 4) is 0 Å². The van der Waals surface area contributed by atoms with E-state index in [1.54, 1.807) is 0 Å². The number of rotatable bonds is 7. The van der Waals surface area contributed by atoms with Crippen molar-refractivity contribution in [2.24, 2.45) is 5.92 Å². The molecule has 2 N–H and O–H groups in total. The number of carboxylic acids is 2. The van der Waals surface area contributed by atoms with E-state index in [-0.39, 0.29) is 6.61 Å². The first-order valence-corrected chi connectivity index (χ1v) is 4.16. The standard InChI is InChI=1S/C9H14O5/c1-3-4-14-6(2)7(9(12)13)5-8(10)11/h3,6-7H,1,4-5H2,2H3,(H,10,11)(H,12,13). The van der Waals surface area contributed by atoms with Crippen LogP contribution in [0.2, 0.25) is 0 Å². The van der Waals surface area contributed by atoms with Gasteiger partial charge in [0.25, 0.3) is 0 Å². The smallest absolute Gasteiger partial charge is 0.309 e. The van der Waals surface area contributed by atoms with Crippen molar-refractivity contribution in [3.05, 3.63) is 12.7 Å². The minimum atomic E-state index is -1.16. The lowest BCUT2D eigenvalue weighted by molar-refractivity contribution is -0.153. The predicted molar refractivity (Wildman–Crippen MR) is 49.0 cm³/mol. The Morgan fingerprint density at radius 2 is 2.07 bits per heavy atom. The second-order valence-electron chi connectivity index (χ2n) is 2.87. The predicted octanol–water partition coefficient (Wildman–Crippen LogP) is 0.753. The van der Waals surface area contributed by atoms with E-state index < -0.39 is 30.4 Å². The number of ether oxygens (including phenoxy) is 1. The SMILES string of the molecule is C=CCOC(C)C(CC(=O)O)C(=O)O. The second-order valence-corrected chi connectivity index (χ2v) is 2.87. The van der Waals surface area contributed by atoms with Crippen LogP contribution >= 0.6 is 0 Å². The Hall–Kier alpha value is -1.36. The molecule has 0 aromatic rings. The maximum atomic E-state index is 10.7. The van der Waals surface area contributed by atoms with Gasteiger partial charge in [-0.15, -0.1) is 6.58 Å². The third-order valence-electron chi connectivity index (χ3n) is 1.76. The summed E-state index contributed by atoms with van der Waals surface area (Å²) >= 11 is 0. The molecule has 0 rings (SSSR count). The molecule has 0 aliphatic carbocycles. The monoisotopic (exact) mass is 202 g/mol. The molecular formula is C9H14O5. The van der Waals surface area contributed by atoms with Gasteiger partial charge in [0.1, 0.15) is 0 Å². The van der Waals surface area contributed by atoms with Gasteiger partial charge in [-0.2, -0.15) is 0 Å². The van der Waals surface area contributed by atoms with Gasteiger partial charge in [0.15, 0.2) is 0 Å². The highest BCUT2D eigenvalue weighted by molar-refractivity contribution is 5.78. The van der Waals surface area contributed by atoms with Crippen LogP contribution in [-0.4, -0.2) is 34.9 Å². The summed E-state index contributed by atoms with van der Waals surface area (Å²) in [5.74, 6) is -3.33. The molecule has 5 nitrogen and oxygen atoms in total. The minimum absolute atomic E-state index is 0.213. The average Bonchev–Trinajstić information content (AvgIpc) is 2.09. The maximum Gasteiger partial charge on any atom is 0.309 e. The second kappa shape index (κ2) is 6.15. The zero-order valence-corrected chi connectivity index (χ0v) is 7.97. The topological polar surface area (TPSA) is 83.8 Å². The number of carbonyl (C=O) groups is 2. The summed E-state index contributed by atoms with van der Waals surface area (Å²) in [6, 6.07) is 0. The van der Waals surface area contributed by atoms with E-state index in [2.05, 4.69) is 6.58 Å². The zero-order chi connectivity index (χ0) is 11.1. The van der Waals surface area contributed by atoms with E-state index >= 15 is 0 Å². The largest absolute Gasteiger partial charge is 0.481 e. The van der Waals surface area contributed by atoms with Crippen LogP contribution in [-0.2, 0) is 14.3 Å². The van der Waals surface area contributed by atoms with Crippen LogP contribution in [0.3, 0.4) is 0 Å². The maximum absolute atomic E-state index is 10.7. The first-order chi connectivity index (χ1) is 6.49. The third-order valence-corrected chi connectivity index (χ3v) is 1.76. The fraction of sp³-hybridized carbons (Fsp3) is 0.556. The summed E-state index contributed by atoms with van der Waals surface area (Å²) in [6.07, 6.45) is 0.408. The zero-order valence-electron chi connectivity index (χ0n) is 7.97. The first-order valence-electron chi connectivity index (χ1n) is 4.16. The lowest BCUT2D eigenvalue weighted by atomic mass is 10.00. The van der Waals surface area contributed by atoms with Crippen LogP contribution in [0.5, 0.6) is 0 Å². The van der Waals surface area contributed by atoms with Crippen LogP contribution in [0.4, 0.5) is 0 Å². The van der Waals surface area contributed by atoms with Crippen molar-refractivity contribution >= 4 is 11.9 Å². The van der Waals surface area contributed by atoms with Crippen molar-refractivity contribution < 1.29 is 24.5 Å². The van der Waals surface area contributed by atoms with Crippen LogP contribution < -0.4 is 0 Å². The molecular weight excluding hydrogens is 188 g/mol. The Morgan fingerprint density at radius 1 is 1.50 bits per heavy atom. The highest BCUT2D eigenvalue weighted by Gasteiger charge is 2.27. The fourth-order valence-electron chi connectivity index (χ4n) is 0.978. The molecule has 2 unspecified atom stereocenters. The Morgan fingerprint density at radius 3 is 2.43 bits per heavy atom. The third kappa shape index (κ3) is 4.61. The molecule has 5 heteroatoms. The molecule has 0 aromatic heterocycles. The molecule has 0 saturated heterocycles. The molecule has 0 radical (unpaired) electrons. The van der Waals surface area contributed by atoms with Gasteiger partial charge in [-0.3, -0.25) is 9.59 Å². The number of carboxylic acid groups (broad SMARTS) is 2. The summed E-state index contributed by atoms with van der Waals surface area (Å²) in [4.78, 5) is 21.0. The quantitative estimate of drug-likeness (QED) is 0.595. The van der Waals surface area contributed by atoms with E-state index in [1.165, 1.54) is 13.0 Å². The van der Waals surface area contributed by atoms with Crippen molar-refractivity contribution in [1.82, 2.24) is 0 Å². The summed E-state index contributed by atoms with van der Waals surface area (Å²) in [6.45, 7) is 5.15. The van der Waals surface area contributed by atoms with Crippen LogP contribution in [0.25, 0.3) is 0 Å². The van der Waals surface area contributed by atoms with Gasteiger partial charge in [-0.1, -0.05) is 6.08 Å². The molecule has 0 bridgehead atoms. The fourth-order valence-corrected chi connectivity index (χ4v) is 0.978. The van der Waals surface area contributed by atoms with E-state index in [0.717, 1.165) is 0 Å². The minimum Gasteiger partial charge on any atom is -0.481 e. The number of aliphatic carboxylic acids is 2. The molecule has 80 valence electrons. The average molecular weight is 202 g/mol. The van der Waals surface area contributed by atoms with Gasteiger partial charge >= 0.3 is 11.9 Å². The van der Waals surface area contributed by atoms with Gasteiger partial charge in [0.2, 0.25) is 0 Å². The summed E-state index contributed by atoms with van der Waals surface area (Å²) in [7, 11) is 0. The Bertz CT molecular complexity index is 223. The van der Waals surface area contributed by atoms with Crippen LogP contribution in [0.15, 0.2) is 12.7 Å². The van der Waals surface area contributed by atoms with Gasteiger partial charge in [0.05, 0.1) is 25.0 Å². The van der Waals surface area contributed by atoms with E-state index in [9.17, 15) is 9.59 Å². The molecule has 0 aliphatic heterocycles. The Kier molecular flexibility index (Phi) is 5.55. The molecule has 0 heterocycles. The molecule has 14 heavy (non-hydrogen) atoms. The number of hydrogen-bond acceptors (Lipinski definition) is 3. The van der Waals surface area contributed by atoms with Crippen molar-refractivity contribution in [2.75, 3.05) is 6.61 Å². The molecule has 0 saturated carbocycles. The molecule has 0 spiro atoms. The van der Waals surface area contributed by atoms with Crippen LogP contribution in [0.1, 0.15) is 13.3 Å². The van der Waals surface area contributed by atoms with Crippen LogP contribution in [0, 0.1) is 5.92 Å². The molecule has 0 fully saturated rings. The van der Waals surface area contributed by atoms with Gasteiger partial charge < -0.3 is 14.9 Å².